The first-order valence-electron chi connectivity index (χ1n) is 21.8. The summed E-state index contributed by atoms with van der Waals surface area (Å²) in [5, 5.41) is 0. The zero-order chi connectivity index (χ0) is 26.6. The van der Waals surface area contributed by atoms with E-state index >= 15 is 0 Å². The molecule has 19 saturated carbocycles. The summed E-state index contributed by atoms with van der Waals surface area (Å²) >= 11 is 0. The Morgan fingerprint density at radius 2 is 0.455 bits per heavy atom. The van der Waals surface area contributed by atoms with Crippen LogP contribution in [0, 0.1) is 219 Å². The summed E-state index contributed by atoms with van der Waals surface area (Å²) in [5.41, 5.74) is 0. The van der Waals surface area contributed by atoms with Crippen LogP contribution in [0.1, 0.15) is 45.4 Å². The highest BCUT2D eigenvalue weighted by atomic mass is 15.0. The van der Waals surface area contributed by atoms with Gasteiger partial charge in [-0.3, -0.25) is 0 Å². The van der Waals surface area contributed by atoms with Crippen LogP contribution in [0.3, 0.4) is 0 Å². The van der Waals surface area contributed by atoms with Crippen LogP contribution in [0.5, 0.6) is 0 Å². The Hall–Kier alpha value is 0. The average molecular weight is 581 g/mol. The molecule has 37 atom stereocenters. The van der Waals surface area contributed by atoms with Gasteiger partial charge < -0.3 is 0 Å². The van der Waals surface area contributed by atoms with Gasteiger partial charge in [-0.15, -0.1) is 0 Å². The van der Waals surface area contributed by atoms with Gasteiger partial charge in [0.25, 0.3) is 0 Å². The Balaban J connectivity index is 0.564. The van der Waals surface area contributed by atoms with Gasteiger partial charge >= 0.3 is 0 Å². The fourth-order valence-corrected chi connectivity index (χ4v) is 26.1. The molecule has 19 aliphatic carbocycles. The second-order valence-electron chi connectivity index (χ2n) is 24.0. The minimum absolute atomic E-state index is 1.12. The number of fused-ring (bicyclic) bond motifs is 47. The summed E-state index contributed by atoms with van der Waals surface area (Å²) in [7, 11) is 0. The molecular formula is C44H52. The lowest BCUT2D eigenvalue weighted by Gasteiger charge is -2.97. The van der Waals surface area contributed by atoms with E-state index in [-0.39, 0.29) is 0 Å². The van der Waals surface area contributed by atoms with Crippen molar-refractivity contribution in [3.63, 3.8) is 0 Å². The van der Waals surface area contributed by atoms with Gasteiger partial charge in [0, 0.05) is 0 Å². The first-order valence-corrected chi connectivity index (χ1v) is 21.8. The van der Waals surface area contributed by atoms with Crippen molar-refractivity contribution in [3.8, 4) is 0 Å². The zero-order valence-corrected chi connectivity index (χ0v) is 26.6. The molecule has 0 radical (unpaired) electrons. The summed E-state index contributed by atoms with van der Waals surface area (Å²) in [6.07, 6.45) is 10.1. The molecule has 19 aliphatic rings. The average Bonchev–Trinajstić information content (AvgIpc) is 2.93. The Morgan fingerprint density at radius 3 is 0.705 bits per heavy atom. The topological polar surface area (TPSA) is 0 Å². The number of hydrogen-bond donors (Lipinski definition) is 0. The molecule has 0 N–H and O–H groups in total. The van der Waals surface area contributed by atoms with Crippen LogP contribution in [0.15, 0.2) is 0 Å². The Kier molecular flexibility index (Phi) is 2.67. The second-order valence-corrected chi connectivity index (χ2v) is 24.0. The predicted octanol–water partition coefficient (Wildman–Crippen LogP) is 7.40. The molecule has 0 aromatic rings. The molecule has 0 heteroatoms. The highest BCUT2D eigenvalue weighted by Gasteiger charge is 2.94. The second kappa shape index (κ2) is 5.54. The molecule has 0 spiro atoms. The minimum Gasteiger partial charge on any atom is -0.0620 e. The summed E-state index contributed by atoms with van der Waals surface area (Å²) < 4.78 is 0. The maximum atomic E-state index is 2.85. The van der Waals surface area contributed by atoms with Gasteiger partial charge in [0.2, 0.25) is 0 Å². The summed E-state index contributed by atoms with van der Waals surface area (Å²) in [6.45, 7) is 2.85. The lowest BCUT2D eigenvalue weighted by molar-refractivity contribution is -0.501. The van der Waals surface area contributed by atoms with Crippen molar-refractivity contribution >= 4 is 0 Å². The Labute approximate surface area is 263 Å². The molecule has 0 amide bonds. The van der Waals surface area contributed by atoms with Crippen LogP contribution in [0.4, 0.5) is 0 Å². The van der Waals surface area contributed by atoms with Crippen molar-refractivity contribution in [2.45, 2.75) is 45.4 Å². The van der Waals surface area contributed by atoms with Crippen LogP contribution >= 0.6 is 0 Å². The zero-order valence-electron chi connectivity index (χ0n) is 26.6. The molecule has 228 valence electrons. The van der Waals surface area contributed by atoms with Gasteiger partial charge in [-0.2, -0.15) is 0 Å². The molecule has 0 heterocycles. The smallest absolute Gasteiger partial charge is 0.0312 e. The first-order chi connectivity index (χ1) is 21.8. The minimum atomic E-state index is 1.12. The van der Waals surface area contributed by atoms with E-state index in [1.165, 1.54) is 213 Å². The molecule has 0 bridgehead atoms. The van der Waals surface area contributed by atoms with Crippen LogP contribution in [-0.2, 0) is 0 Å². The molecule has 0 aliphatic heterocycles. The van der Waals surface area contributed by atoms with Crippen molar-refractivity contribution in [2.24, 2.45) is 219 Å². The molecule has 0 aromatic carbocycles. The van der Waals surface area contributed by atoms with E-state index in [4.69, 9.17) is 0 Å². The fraction of sp³-hybridized carbons (Fsp3) is 1.00. The van der Waals surface area contributed by atoms with Gasteiger partial charge in [-0.1, -0.05) is 6.92 Å². The molecule has 0 aromatic heterocycles. The maximum Gasteiger partial charge on any atom is -0.0312 e. The summed E-state index contributed by atoms with van der Waals surface area (Å²) in [6, 6.07) is 0. The normalized spacial score (nSPS) is 92.9. The fourth-order valence-electron chi connectivity index (χ4n) is 26.1. The van der Waals surface area contributed by atoms with E-state index in [0.717, 1.165) is 5.92 Å². The van der Waals surface area contributed by atoms with E-state index < -0.39 is 0 Å². The van der Waals surface area contributed by atoms with E-state index in [2.05, 4.69) is 6.92 Å². The maximum absolute atomic E-state index is 2.85. The molecule has 0 nitrogen and oxygen atoms in total. The highest BCUT2D eigenvalue weighted by molar-refractivity contribution is 5.40. The molecule has 0 saturated heterocycles. The van der Waals surface area contributed by atoms with Crippen LogP contribution in [0.2, 0.25) is 0 Å². The molecule has 19 rings (SSSR count). The van der Waals surface area contributed by atoms with E-state index in [0.29, 0.717) is 0 Å². The van der Waals surface area contributed by atoms with Crippen LogP contribution < -0.4 is 0 Å². The summed E-state index contributed by atoms with van der Waals surface area (Å²) in [4.78, 5) is 0. The standard InChI is InChI=1S/C44H52/c1-8(13-6-15-17(13)25-23(15)31-33(25)41-36-28-20-10-3-2-9(10)19(20)27(28)35(36)39(31)41)14-7-16-18(14)26-24(16)32-34(26)42-40(32)43-37-29-21-11-4-5-12(11)22(21)30(29)38(37)44(42)43/h8-44H,2-7H2,1H3. The lowest BCUT2D eigenvalue weighted by Crippen LogP contribution is -2.93. The van der Waals surface area contributed by atoms with Crippen molar-refractivity contribution in [2.75, 3.05) is 0 Å². The SMILES string of the molecule is CC(C1CC2C1C1C2C2C1C1C3C4C5C6CCC6C5C4C3C21)C1CC2C1C1C2C2C1C1C2C2C3C4C5C6CCC6C5C4C3C12. The van der Waals surface area contributed by atoms with Gasteiger partial charge in [-0.05, 0) is 257 Å². The van der Waals surface area contributed by atoms with E-state index in [1.807, 2.05) is 0 Å². The molecule has 37 unspecified atom stereocenters. The van der Waals surface area contributed by atoms with Crippen molar-refractivity contribution in [1.29, 1.82) is 0 Å². The van der Waals surface area contributed by atoms with Gasteiger partial charge in [-0.25, -0.2) is 0 Å². The van der Waals surface area contributed by atoms with Gasteiger partial charge in [0.15, 0.2) is 0 Å². The van der Waals surface area contributed by atoms with Crippen molar-refractivity contribution < 1.29 is 0 Å². The highest BCUT2D eigenvalue weighted by Crippen LogP contribution is 2.97. The third-order valence-corrected chi connectivity index (χ3v) is 26.6. The Bertz CT molecular complexity index is 1580. The third-order valence-electron chi connectivity index (χ3n) is 26.6. The van der Waals surface area contributed by atoms with Gasteiger partial charge in [0.1, 0.15) is 0 Å². The third kappa shape index (κ3) is 1.43. The lowest BCUT2D eigenvalue weighted by atomic mass is 9.08. The quantitative estimate of drug-likeness (QED) is 0.299. The van der Waals surface area contributed by atoms with Crippen LogP contribution in [0.25, 0.3) is 0 Å². The van der Waals surface area contributed by atoms with Gasteiger partial charge in [0.05, 0.1) is 0 Å². The molecular weight excluding hydrogens is 528 g/mol. The molecule has 44 heavy (non-hydrogen) atoms. The number of hydrogen-bond acceptors (Lipinski definition) is 0. The first kappa shape index (κ1) is 21.2. The summed E-state index contributed by atoms with van der Waals surface area (Å²) in [5.74, 6) is 47.4. The predicted molar refractivity (Wildman–Crippen MR) is 163 cm³/mol. The largest absolute Gasteiger partial charge is 0.0620 e. The number of rotatable bonds is 2. The van der Waals surface area contributed by atoms with Crippen molar-refractivity contribution in [3.05, 3.63) is 0 Å². The Morgan fingerprint density at radius 1 is 0.250 bits per heavy atom. The van der Waals surface area contributed by atoms with Crippen LogP contribution in [-0.4, -0.2) is 0 Å². The molecule has 19 fully saturated rings. The van der Waals surface area contributed by atoms with E-state index in [9.17, 15) is 0 Å². The van der Waals surface area contributed by atoms with E-state index in [1.54, 1.807) is 38.5 Å². The van der Waals surface area contributed by atoms with Crippen molar-refractivity contribution in [1.82, 2.24) is 0 Å². The monoisotopic (exact) mass is 580 g/mol.